The third kappa shape index (κ3) is 7.10. The lowest BCUT2D eigenvalue weighted by Gasteiger charge is -2.21. The summed E-state index contributed by atoms with van der Waals surface area (Å²) in [5.74, 6) is -2.77. The summed E-state index contributed by atoms with van der Waals surface area (Å²) in [4.78, 5) is 47.8. The van der Waals surface area contributed by atoms with E-state index in [1.54, 1.807) is 30.3 Å². The van der Waals surface area contributed by atoms with Gasteiger partial charge in [0.15, 0.2) is 0 Å². The molecule has 0 saturated heterocycles. The van der Waals surface area contributed by atoms with Crippen LogP contribution < -0.4 is 16.0 Å². The van der Waals surface area contributed by atoms with Crippen LogP contribution in [-0.2, 0) is 20.8 Å². The largest absolute Gasteiger partial charge is 0.480 e. The van der Waals surface area contributed by atoms with E-state index in [1.807, 2.05) is 30.3 Å². The number of rotatable bonds is 9. The first-order chi connectivity index (χ1) is 13.9. The number of carboxylic acids is 1. The summed E-state index contributed by atoms with van der Waals surface area (Å²) in [6.45, 7) is 0.894. The molecule has 2 aromatic rings. The van der Waals surface area contributed by atoms with Crippen LogP contribution in [0, 0.1) is 0 Å². The van der Waals surface area contributed by atoms with Gasteiger partial charge in [-0.1, -0.05) is 48.5 Å². The molecule has 0 radical (unpaired) electrons. The molecule has 4 N–H and O–H groups in total. The number of aliphatic carboxylic acids is 1. The Morgan fingerprint density at radius 3 is 2.03 bits per heavy atom. The summed E-state index contributed by atoms with van der Waals surface area (Å²) < 4.78 is 0. The van der Waals surface area contributed by atoms with Crippen molar-refractivity contribution in [2.75, 3.05) is 6.54 Å². The van der Waals surface area contributed by atoms with Gasteiger partial charge in [-0.3, -0.25) is 19.2 Å². The molecule has 29 heavy (non-hydrogen) atoms. The molecular weight excluding hydrogens is 374 g/mol. The summed E-state index contributed by atoms with van der Waals surface area (Å²) >= 11 is 0. The van der Waals surface area contributed by atoms with Crippen LogP contribution in [-0.4, -0.2) is 47.4 Å². The van der Waals surface area contributed by atoms with Gasteiger partial charge in [-0.25, -0.2) is 0 Å². The van der Waals surface area contributed by atoms with Gasteiger partial charge in [0.05, 0.1) is 0 Å². The van der Waals surface area contributed by atoms with Crippen molar-refractivity contribution < 1.29 is 24.3 Å². The minimum Gasteiger partial charge on any atom is -0.480 e. The van der Waals surface area contributed by atoms with Gasteiger partial charge in [-0.15, -0.1) is 0 Å². The second-order valence-electron chi connectivity index (χ2n) is 6.42. The van der Waals surface area contributed by atoms with Crippen LogP contribution in [0.5, 0.6) is 0 Å². The fraction of sp³-hybridized carbons (Fsp3) is 0.238. The number of hydrogen-bond donors (Lipinski definition) is 4. The molecule has 0 spiro atoms. The maximum absolute atomic E-state index is 12.7. The van der Waals surface area contributed by atoms with Crippen molar-refractivity contribution >= 4 is 23.7 Å². The third-order valence-corrected chi connectivity index (χ3v) is 4.11. The topological polar surface area (TPSA) is 125 Å². The monoisotopic (exact) mass is 397 g/mol. The average Bonchev–Trinajstić information content (AvgIpc) is 2.72. The van der Waals surface area contributed by atoms with E-state index in [-0.39, 0.29) is 6.42 Å². The van der Waals surface area contributed by atoms with Crippen LogP contribution >= 0.6 is 0 Å². The number of carbonyl (C=O) groups excluding carboxylic acids is 3. The highest BCUT2D eigenvalue weighted by atomic mass is 16.4. The Morgan fingerprint density at radius 2 is 1.45 bits per heavy atom. The second-order valence-corrected chi connectivity index (χ2v) is 6.42. The highest BCUT2D eigenvalue weighted by molar-refractivity contribution is 5.98. The van der Waals surface area contributed by atoms with Crippen molar-refractivity contribution in [1.29, 1.82) is 0 Å². The molecule has 2 atom stereocenters. The summed E-state index contributed by atoms with van der Waals surface area (Å²) in [5.41, 5.74) is 1.25. The molecule has 8 nitrogen and oxygen atoms in total. The summed E-state index contributed by atoms with van der Waals surface area (Å²) in [7, 11) is 0. The molecule has 0 saturated carbocycles. The molecule has 152 valence electrons. The van der Waals surface area contributed by atoms with Crippen molar-refractivity contribution in [2.24, 2.45) is 0 Å². The molecule has 0 aromatic heterocycles. The zero-order chi connectivity index (χ0) is 21.2. The van der Waals surface area contributed by atoms with E-state index in [1.165, 1.54) is 6.92 Å². The molecular formula is C21H23N3O5. The maximum atomic E-state index is 12.7. The van der Waals surface area contributed by atoms with Gasteiger partial charge in [-0.05, 0) is 24.6 Å². The van der Waals surface area contributed by atoms with Crippen LogP contribution in [0.2, 0.25) is 0 Å². The lowest BCUT2D eigenvalue weighted by atomic mass is 10.0. The van der Waals surface area contributed by atoms with Crippen LogP contribution in [0.25, 0.3) is 0 Å². The van der Waals surface area contributed by atoms with Gasteiger partial charge in [0.1, 0.15) is 18.6 Å². The van der Waals surface area contributed by atoms with Crippen LogP contribution in [0.1, 0.15) is 22.8 Å². The Hall–Kier alpha value is -3.68. The van der Waals surface area contributed by atoms with Gasteiger partial charge >= 0.3 is 5.97 Å². The van der Waals surface area contributed by atoms with Crippen molar-refractivity contribution in [3.05, 3.63) is 71.8 Å². The number of carbonyl (C=O) groups is 4. The second kappa shape index (κ2) is 10.6. The lowest BCUT2D eigenvalue weighted by Crippen LogP contribution is -2.53. The van der Waals surface area contributed by atoms with E-state index in [2.05, 4.69) is 16.0 Å². The predicted molar refractivity (Wildman–Crippen MR) is 106 cm³/mol. The minimum absolute atomic E-state index is 0.231. The van der Waals surface area contributed by atoms with Crippen molar-refractivity contribution in [2.45, 2.75) is 25.4 Å². The normalized spacial score (nSPS) is 12.3. The van der Waals surface area contributed by atoms with Gasteiger partial charge in [0.2, 0.25) is 11.8 Å². The zero-order valence-corrected chi connectivity index (χ0v) is 15.9. The Bertz CT molecular complexity index is 855. The Morgan fingerprint density at radius 1 is 0.862 bits per heavy atom. The number of benzene rings is 2. The smallest absolute Gasteiger partial charge is 0.322 e. The predicted octanol–water partition coefficient (Wildman–Crippen LogP) is 0.733. The highest BCUT2D eigenvalue weighted by Crippen LogP contribution is 2.06. The van der Waals surface area contributed by atoms with E-state index in [4.69, 9.17) is 5.11 Å². The Balaban J connectivity index is 2.09. The highest BCUT2D eigenvalue weighted by Gasteiger charge is 2.25. The fourth-order valence-electron chi connectivity index (χ4n) is 2.59. The van der Waals surface area contributed by atoms with Gasteiger partial charge in [0, 0.05) is 12.0 Å². The van der Waals surface area contributed by atoms with Crippen molar-refractivity contribution in [3.63, 3.8) is 0 Å². The number of nitrogens with one attached hydrogen (secondary N) is 3. The van der Waals surface area contributed by atoms with E-state index in [9.17, 15) is 19.2 Å². The van der Waals surface area contributed by atoms with Crippen molar-refractivity contribution in [3.8, 4) is 0 Å². The first-order valence-electron chi connectivity index (χ1n) is 9.06. The molecule has 2 aromatic carbocycles. The molecule has 0 heterocycles. The minimum atomic E-state index is -1.19. The Labute approximate surface area is 168 Å². The quantitative estimate of drug-likeness (QED) is 0.497. The fourth-order valence-corrected chi connectivity index (χ4v) is 2.59. The van der Waals surface area contributed by atoms with Crippen LogP contribution in [0.15, 0.2) is 60.7 Å². The molecule has 0 aliphatic heterocycles. The molecule has 2 rings (SSSR count). The lowest BCUT2D eigenvalue weighted by molar-refractivity contribution is -0.138. The van der Waals surface area contributed by atoms with Crippen LogP contribution in [0.4, 0.5) is 0 Å². The molecule has 8 heteroatoms. The van der Waals surface area contributed by atoms with E-state index < -0.39 is 42.3 Å². The molecule has 0 aliphatic rings. The zero-order valence-electron chi connectivity index (χ0n) is 15.9. The van der Waals surface area contributed by atoms with Crippen LogP contribution in [0.3, 0.4) is 0 Å². The van der Waals surface area contributed by atoms with E-state index >= 15 is 0 Å². The SMILES string of the molecule is C[C@H](NC(=O)[C@H](Cc1ccccc1)NC(=O)c1ccccc1)C(=O)NCC(=O)O. The first-order valence-corrected chi connectivity index (χ1v) is 9.06. The number of carboxylic acid groups (broad SMARTS) is 1. The molecule has 0 aliphatic carbocycles. The van der Waals surface area contributed by atoms with E-state index in [0.29, 0.717) is 5.56 Å². The van der Waals surface area contributed by atoms with E-state index in [0.717, 1.165) is 5.56 Å². The van der Waals surface area contributed by atoms with Gasteiger partial charge < -0.3 is 21.1 Å². The molecule has 0 unspecified atom stereocenters. The molecule has 3 amide bonds. The Kier molecular flexibility index (Phi) is 7.90. The summed E-state index contributed by atoms with van der Waals surface area (Å²) in [5, 5.41) is 16.1. The number of amides is 3. The third-order valence-electron chi connectivity index (χ3n) is 4.11. The first kappa shape index (κ1) is 21.6. The summed E-state index contributed by atoms with van der Waals surface area (Å²) in [6, 6.07) is 15.8. The van der Waals surface area contributed by atoms with Crippen molar-refractivity contribution in [1.82, 2.24) is 16.0 Å². The number of hydrogen-bond acceptors (Lipinski definition) is 4. The summed E-state index contributed by atoms with van der Waals surface area (Å²) in [6.07, 6.45) is 0.231. The van der Waals surface area contributed by atoms with Gasteiger partial charge in [-0.2, -0.15) is 0 Å². The molecule has 0 fully saturated rings. The van der Waals surface area contributed by atoms with Gasteiger partial charge in [0.25, 0.3) is 5.91 Å². The maximum Gasteiger partial charge on any atom is 0.322 e. The average molecular weight is 397 g/mol. The molecule has 0 bridgehead atoms. The standard InChI is InChI=1S/C21H23N3O5/c1-14(19(27)22-13-18(25)26)23-21(29)17(12-15-8-4-2-5-9-15)24-20(28)16-10-6-3-7-11-16/h2-11,14,17H,12-13H2,1H3,(H,22,27)(H,23,29)(H,24,28)(H,25,26)/t14-,17-/m0/s1.